The summed E-state index contributed by atoms with van der Waals surface area (Å²) in [5.74, 6) is -0.256. The van der Waals surface area contributed by atoms with Gasteiger partial charge >= 0.3 is 0 Å². The molecular weight excluding hydrogens is 368 g/mol. The van der Waals surface area contributed by atoms with E-state index in [0.29, 0.717) is 0 Å². The highest BCUT2D eigenvalue weighted by atomic mass is 16.7. The summed E-state index contributed by atoms with van der Waals surface area (Å²) in [6, 6.07) is 0. The molecule has 0 aromatic carbocycles. The molecule has 0 aliphatic heterocycles. The van der Waals surface area contributed by atoms with Gasteiger partial charge in [0, 0.05) is 12.3 Å². The number of unbranched alkanes of at least 4 members (excludes halogenated alkanes) is 12. The normalized spacial score (nSPS) is 13.3. The Kier molecular flexibility index (Phi) is 19.1. The van der Waals surface area contributed by atoms with Crippen molar-refractivity contribution in [3.05, 3.63) is 12.7 Å². The van der Waals surface area contributed by atoms with Crippen LogP contribution in [0.3, 0.4) is 0 Å². The Morgan fingerprint density at radius 1 is 0.633 bits per heavy atom. The third-order valence-electron chi connectivity index (χ3n) is 5.97. The minimum atomic E-state index is -0.518. The van der Waals surface area contributed by atoms with Gasteiger partial charge in [0.1, 0.15) is 0 Å². The molecule has 0 N–H and O–H groups in total. The molecule has 0 aliphatic carbocycles. The summed E-state index contributed by atoms with van der Waals surface area (Å²) >= 11 is 0. The van der Waals surface area contributed by atoms with Gasteiger partial charge in [-0.15, -0.1) is 6.58 Å². The lowest BCUT2D eigenvalue weighted by Gasteiger charge is -2.42. The second kappa shape index (κ2) is 19.4. The number of ether oxygens (including phenoxy) is 2. The fourth-order valence-electron chi connectivity index (χ4n) is 4.47. The van der Waals surface area contributed by atoms with E-state index in [0.717, 1.165) is 12.8 Å². The average Bonchev–Trinajstić information content (AvgIpc) is 2.68. The van der Waals surface area contributed by atoms with Crippen molar-refractivity contribution in [2.24, 2.45) is 5.92 Å². The SMILES string of the molecule is C=CC(CCCCCCCC)C(CCCCCCCCCC)(OC(C)C)OC(C)C. The first-order chi connectivity index (χ1) is 14.4. The molecule has 0 rings (SSSR count). The van der Waals surface area contributed by atoms with E-state index in [1.807, 2.05) is 0 Å². The van der Waals surface area contributed by atoms with Crippen molar-refractivity contribution in [1.82, 2.24) is 0 Å². The Labute approximate surface area is 190 Å². The Hall–Kier alpha value is -0.340. The smallest absolute Gasteiger partial charge is 0.175 e. The number of rotatable bonds is 22. The third-order valence-corrected chi connectivity index (χ3v) is 5.97. The van der Waals surface area contributed by atoms with E-state index < -0.39 is 5.79 Å². The second-order valence-electron chi connectivity index (χ2n) is 9.77. The Morgan fingerprint density at radius 3 is 1.43 bits per heavy atom. The highest BCUT2D eigenvalue weighted by Gasteiger charge is 2.40. The molecule has 0 amide bonds. The highest BCUT2D eigenvalue weighted by Crippen LogP contribution is 2.37. The van der Waals surface area contributed by atoms with Crippen LogP contribution in [-0.4, -0.2) is 18.0 Å². The van der Waals surface area contributed by atoms with Gasteiger partial charge in [0.15, 0.2) is 5.79 Å². The van der Waals surface area contributed by atoms with Crippen LogP contribution in [0, 0.1) is 5.92 Å². The molecule has 0 heterocycles. The first-order valence-electron chi connectivity index (χ1n) is 13.4. The van der Waals surface area contributed by atoms with Crippen LogP contribution in [0.1, 0.15) is 144 Å². The predicted octanol–water partition coefficient (Wildman–Crippen LogP) is 9.62. The second-order valence-corrected chi connectivity index (χ2v) is 9.77. The maximum Gasteiger partial charge on any atom is 0.175 e. The lowest BCUT2D eigenvalue weighted by Crippen LogP contribution is -2.46. The summed E-state index contributed by atoms with van der Waals surface area (Å²) < 4.78 is 13.1. The van der Waals surface area contributed by atoms with Crippen molar-refractivity contribution >= 4 is 0 Å². The van der Waals surface area contributed by atoms with Crippen molar-refractivity contribution in [2.75, 3.05) is 0 Å². The fourth-order valence-corrected chi connectivity index (χ4v) is 4.47. The largest absolute Gasteiger partial charge is 0.347 e. The lowest BCUT2D eigenvalue weighted by molar-refractivity contribution is -0.293. The summed E-state index contributed by atoms with van der Waals surface area (Å²) in [5, 5.41) is 0. The van der Waals surface area contributed by atoms with Gasteiger partial charge < -0.3 is 9.47 Å². The van der Waals surface area contributed by atoms with E-state index in [1.165, 1.54) is 89.9 Å². The van der Waals surface area contributed by atoms with Gasteiger partial charge in [0.2, 0.25) is 0 Å². The first-order valence-corrected chi connectivity index (χ1v) is 13.4. The summed E-state index contributed by atoms with van der Waals surface area (Å²) in [6.07, 6.45) is 23.1. The molecule has 30 heavy (non-hydrogen) atoms. The summed E-state index contributed by atoms with van der Waals surface area (Å²) in [6.45, 7) is 17.3. The monoisotopic (exact) mass is 424 g/mol. The van der Waals surface area contributed by atoms with Gasteiger partial charge in [-0.1, -0.05) is 103 Å². The predicted molar refractivity (Wildman–Crippen MR) is 134 cm³/mol. The molecular formula is C28H56O2. The van der Waals surface area contributed by atoms with E-state index in [9.17, 15) is 0 Å². The van der Waals surface area contributed by atoms with Gasteiger partial charge in [-0.2, -0.15) is 0 Å². The molecule has 0 radical (unpaired) electrons. The van der Waals surface area contributed by atoms with E-state index in [4.69, 9.17) is 9.47 Å². The van der Waals surface area contributed by atoms with Gasteiger partial charge in [0.25, 0.3) is 0 Å². The van der Waals surface area contributed by atoms with Crippen LogP contribution in [-0.2, 0) is 9.47 Å². The molecule has 0 saturated carbocycles. The zero-order chi connectivity index (χ0) is 22.7. The molecule has 0 spiro atoms. The van der Waals surface area contributed by atoms with Crippen LogP contribution in [0.15, 0.2) is 12.7 Å². The Balaban J connectivity index is 4.82. The number of hydrogen-bond acceptors (Lipinski definition) is 2. The maximum atomic E-state index is 6.56. The quantitative estimate of drug-likeness (QED) is 0.0978. The van der Waals surface area contributed by atoms with Crippen LogP contribution in [0.4, 0.5) is 0 Å². The maximum absolute atomic E-state index is 6.56. The van der Waals surface area contributed by atoms with Crippen LogP contribution in [0.25, 0.3) is 0 Å². The Morgan fingerprint density at radius 2 is 1.03 bits per heavy atom. The van der Waals surface area contributed by atoms with Crippen LogP contribution in [0.5, 0.6) is 0 Å². The fraction of sp³-hybridized carbons (Fsp3) is 0.929. The van der Waals surface area contributed by atoms with Crippen LogP contribution in [0.2, 0.25) is 0 Å². The van der Waals surface area contributed by atoms with Crippen molar-refractivity contribution in [3.63, 3.8) is 0 Å². The zero-order valence-corrected chi connectivity index (χ0v) is 21.6. The molecule has 0 aromatic rings. The molecule has 1 unspecified atom stereocenters. The molecule has 0 aliphatic rings. The molecule has 0 aromatic heterocycles. The van der Waals surface area contributed by atoms with Gasteiger partial charge in [-0.3, -0.25) is 0 Å². The molecule has 0 bridgehead atoms. The summed E-state index contributed by atoms with van der Waals surface area (Å²) in [5.41, 5.74) is 0. The minimum Gasteiger partial charge on any atom is -0.347 e. The van der Waals surface area contributed by atoms with Gasteiger partial charge in [-0.05, 0) is 40.5 Å². The molecule has 180 valence electrons. The molecule has 0 fully saturated rings. The average molecular weight is 425 g/mol. The van der Waals surface area contributed by atoms with Gasteiger partial charge in [-0.25, -0.2) is 0 Å². The highest BCUT2D eigenvalue weighted by molar-refractivity contribution is 4.92. The summed E-state index contributed by atoms with van der Waals surface area (Å²) in [4.78, 5) is 0. The topological polar surface area (TPSA) is 18.5 Å². The number of hydrogen-bond donors (Lipinski definition) is 0. The zero-order valence-electron chi connectivity index (χ0n) is 21.6. The lowest BCUT2D eigenvalue weighted by atomic mass is 9.87. The first kappa shape index (κ1) is 29.7. The van der Waals surface area contributed by atoms with E-state index in [1.54, 1.807) is 0 Å². The van der Waals surface area contributed by atoms with E-state index in [2.05, 4.69) is 54.2 Å². The summed E-state index contributed by atoms with van der Waals surface area (Å²) in [7, 11) is 0. The van der Waals surface area contributed by atoms with E-state index >= 15 is 0 Å². The third kappa shape index (κ3) is 14.6. The van der Waals surface area contributed by atoms with Crippen molar-refractivity contribution in [2.45, 2.75) is 162 Å². The molecule has 2 nitrogen and oxygen atoms in total. The van der Waals surface area contributed by atoms with Crippen molar-refractivity contribution < 1.29 is 9.47 Å². The molecule has 0 saturated heterocycles. The molecule has 2 heteroatoms. The van der Waals surface area contributed by atoms with Crippen LogP contribution >= 0.6 is 0 Å². The standard InChI is InChI=1S/C28H56O2/c1-8-11-13-15-17-18-20-22-24-28(29-25(4)5,30-26(6)7)27(10-3)23-21-19-16-14-12-9-2/h10,25-27H,3,8-9,11-24H2,1-2,4-7H3. The molecule has 1 atom stereocenters. The minimum absolute atomic E-state index is 0.157. The van der Waals surface area contributed by atoms with Gasteiger partial charge in [0.05, 0.1) is 12.2 Å². The van der Waals surface area contributed by atoms with Crippen molar-refractivity contribution in [3.8, 4) is 0 Å². The van der Waals surface area contributed by atoms with Crippen LogP contribution < -0.4 is 0 Å². The van der Waals surface area contributed by atoms with E-state index in [-0.39, 0.29) is 18.1 Å². The van der Waals surface area contributed by atoms with Crippen molar-refractivity contribution in [1.29, 1.82) is 0 Å². The Bertz CT molecular complexity index is 365.